The van der Waals surface area contributed by atoms with Crippen LogP contribution in [0.5, 0.6) is 5.75 Å². The SMILES string of the molecule is CC(C)(C(=O)Oc1ccc(S(N)(=O)=O)cc1)c1n[nH]c(-c2ccccc2)c1Cl. The van der Waals surface area contributed by atoms with E-state index in [0.717, 1.165) is 5.56 Å². The van der Waals surface area contributed by atoms with Crippen molar-refractivity contribution in [2.24, 2.45) is 5.14 Å². The first-order valence-electron chi connectivity index (χ1n) is 8.25. The van der Waals surface area contributed by atoms with Gasteiger partial charge < -0.3 is 4.74 Å². The average molecular weight is 420 g/mol. The van der Waals surface area contributed by atoms with E-state index in [4.69, 9.17) is 21.5 Å². The highest BCUT2D eigenvalue weighted by molar-refractivity contribution is 7.89. The van der Waals surface area contributed by atoms with E-state index in [-0.39, 0.29) is 10.6 Å². The number of sulfonamides is 1. The van der Waals surface area contributed by atoms with Gasteiger partial charge in [-0.3, -0.25) is 9.89 Å². The minimum absolute atomic E-state index is 0.0746. The Morgan fingerprint density at radius 3 is 2.29 bits per heavy atom. The number of primary sulfonamides is 1. The lowest BCUT2D eigenvalue weighted by Gasteiger charge is -2.20. The van der Waals surface area contributed by atoms with E-state index in [0.29, 0.717) is 16.4 Å². The number of nitrogens with one attached hydrogen (secondary N) is 1. The molecule has 1 aromatic heterocycles. The summed E-state index contributed by atoms with van der Waals surface area (Å²) in [6, 6.07) is 14.6. The molecule has 3 rings (SSSR count). The molecule has 3 aromatic rings. The second kappa shape index (κ2) is 7.38. The number of aromatic nitrogens is 2. The van der Waals surface area contributed by atoms with Gasteiger partial charge in [0.25, 0.3) is 0 Å². The Hall–Kier alpha value is -2.68. The predicted molar refractivity (Wildman–Crippen MR) is 106 cm³/mol. The Labute approximate surface area is 167 Å². The highest BCUT2D eigenvalue weighted by Gasteiger charge is 2.37. The van der Waals surface area contributed by atoms with Gasteiger partial charge in [-0.2, -0.15) is 5.10 Å². The summed E-state index contributed by atoms with van der Waals surface area (Å²) >= 11 is 6.48. The quantitative estimate of drug-likeness (QED) is 0.486. The molecule has 146 valence electrons. The van der Waals surface area contributed by atoms with Crippen molar-refractivity contribution in [3.63, 3.8) is 0 Å². The van der Waals surface area contributed by atoms with Crippen molar-refractivity contribution in [3.8, 4) is 17.0 Å². The molecule has 0 aliphatic heterocycles. The molecule has 0 atom stereocenters. The van der Waals surface area contributed by atoms with Gasteiger partial charge in [-0.25, -0.2) is 13.6 Å². The molecule has 0 aliphatic carbocycles. The number of halogens is 1. The normalized spacial score (nSPS) is 12.0. The number of esters is 1. The van der Waals surface area contributed by atoms with E-state index in [1.165, 1.54) is 24.3 Å². The third-order valence-corrected chi connectivity index (χ3v) is 5.53. The number of H-pyrrole nitrogens is 1. The van der Waals surface area contributed by atoms with Crippen molar-refractivity contribution in [2.75, 3.05) is 0 Å². The van der Waals surface area contributed by atoms with Crippen LogP contribution >= 0.6 is 11.6 Å². The van der Waals surface area contributed by atoms with Gasteiger partial charge in [0.2, 0.25) is 10.0 Å². The monoisotopic (exact) mass is 419 g/mol. The molecule has 7 nitrogen and oxygen atoms in total. The third-order valence-electron chi connectivity index (χ3n) is 4.23. The highest BCUT2D eigenvalue weighted by atomic mass is 35.5. The Bertz CT molecular complexity index is 1110. The highest BCUT2D eigenvalue weighted by Crippen LogP contribution is 2.36. The maximum absolute atomic E-state index is 12.7. The number of hydrogen-bond donors (Lipinski definition) is 2. The summed E-state index contributed by atoms with van der Waals surface area (Å²) < 4.78 is 28.0. The molecule has 0 saturated carbocycles. The lowest BCUT2D eigenvalue weighted by Crippen LogP contribution is -2.34. The summed E-state index contributed by atoms with van der Waals surface area (Å²) in [5, 5.41) is 12.5. The van der Waals surface area contributed by atoms with Crippen molar-refractivity contribution in [3.05, 3.63) is 65.3 Å². The Kier molecular flexibility index (Phi) is 5.29. The number of benzene rings is 2. The van der Waals surface area contributed by atoms with Crippen LogP contribution in [-0.4, -0.2) is 24.6 Å². The fraction of sp³-hybridized carbons (Fsp3) is 0.158. The second-order valence-electron chi connectivity index (χ2n) is 6.66. The van der Waals surface area contributed by atoms with Crippen LogP contribution in [0.4, 0.5) is 0 Å². The van der Waals surface area contributed by atoms with Crippen LogP contribution in [0, 0.1) is 0 Å². The number of carbonyl (C=O) groups excluding carboxylic acids is 1. The first-order chi connectivity index (χ1) is 13.1. The summed E-state index contributed by atoms with van der Waals surface area (Å²) in [4.78, 5) is 12.7. The molecule has 1 heterocycles. The minimum atomic E-state index is -3.82. The molecule has 2 aromatic carbocycles. The third kappa shape index (κ3) is 3.94. The van der Waals surface area contributed by atoms with Gasteiger partial charge >= 0.3 is 5.97 Å². The molecule has 0 radical (unpaired) electrons. The fourth-order valence-corrected chi connectivity index (χ4v) is 3.51. The van der Waals surface area contributed by atoms with Gasteiger partial charge in [0.05, 0.1) is 21.3 Å². The molecule has 28 heavy (non-hydrogen) atoms. The number of rotatable bonds is 5. The molecule has 0 spiro atoms. The zero-order valence-corrected chi connectivity index (χ0v) is 16.7. The van der Waals surface area contributed by atoms with Gasteiger partial charge in [0.15, 0.2) is 0 Å². The van der Waals surface area contributed by atoms with Crippen LogP contribution in [0.15, 0.2) is 59.5 Å². The Morgan fingerprint density at radius 2 is 1.71 bits per heavy atom. The molecular formula is C19H18ClN3O4S. The number of aromatic amines is 1. The number of carbonyl (C=O) groups is 1. The van der Waals surface area contributed by atoms with Crippen LogP contribution in [-0.2, 0) is 20.2 Å². The zero-order valence-electron chi connectivity index (χ0n) is 15.1. The molecule has 0 unspecified atom stereocenters. The van der Waals surface area contributed by atoms with E-state index in [1.54, 1.807) is 13.8 Å². The summed E-state index contributed by atoms with van der Waals surface area (Å²) in [5.41, 5.74) is 0.642. The summed E-state index contributed by atoms with van der Waals surface area (Å²) in [7, 11) is -3.82. The smallest absolute Gasteiger partial charge is 0.323 e. The molecule has 0 aliphatic rings. The van der Waals surface area contributed by atoms with Gasteiger partial charge in [0.1, 0.15) is 11.2 Å². The van der Waals surface area contributed by atoms with Crippen molar-refractivity contribution >= 4 is 27.6 Å². The van der Waals surface area contributed by atoms with Crippen LogP contribution < -0.4 is 9.88 Å². The molecule has 0 fully saturated rings. The van der Waals surface area contributed by atoms with E-state index in [9.17, 15) is 13.2 Å². The number of nitrogens with two attached hydrogens (primary N) is 1. The van der Waals surface area contributed by atoms with Gasteiger partial charge in [-0.05, 0) is 38.1 Å². The zero-order chi connectivity index (χ0) is 20.5. The largest absolute Gasteiger partial charge is 0.426 e. The lowest BCUT2D eigenvalue weighted by molar-refractivity contribution is -0.139. The Balaban J connectivity index is 1.85. The van der Waals surface area contributed by atoms with Crippen LogP contribution in [0.3, 0.4) is 0 Å². The maximum atomic E-state index is 12.7. The van der Waals surface area contributed by atoms with Gasteiger partial charge in [-0.1, -0.05) is 41.9 Å². The molecule has 0 saturated heterocycles. The van der Waals surface area contributed by atoms with Gasteiger partial charge in [0, 0.05) is 5.56 Å². The predicted octanol–water partition coefficient (Wildman–Crippen LogP) is 3.26. The number of hydrogen-bond acceptors (Lipinski definition) is 5. The van der Waals surface area contributed by atoms with E-state index in [2.05, 4.69) is 10.2 Å². The van der Waals surface area contributed by atoms with E-state index < -0.39 is 21.4 Å². The standard InChI is InChI=1S/C19H18ClN3O4S/c1-19(2,17-15(20)16(22-23-17)12-6-4-3-5-7-12)18(24)27-13-8-10-14(11-9-13)28(21,25)26/h3-11H,1-2H3,(H,22,23)(H2,21,25,26). The van der Waals surface area contributed by atoms with Crippen molar-refractivity contribution < 1.29 is 17.9 Å². The van der Waals surface area contributed by atoms with E-state index in [1.807, 2.05) is 30.3 Å². The maximum Gasteiger partial charge on any atom is 0.323 e. The fourth-order valence-electron chi connectivity index (χ4n) is 2.57. The van der Waals surface area contributed by atoms with Gasteiger partial charge in [-0.15, -0.1) is 0 Å². The summed E-state index contributed by atoms with van der Waals surface area (Å²) in [6.45, 7) is 3.29. The molecular weight excluding hydrogens is 402 g/mol. The van der Waals surface area contributed by atoms with Crippen LogP contribution in [0.25, 0.3) is 11.3 Å². The van der Waals surface area contributed by atoms with Crippen LogP contribution in [0.1, 0.15) is 19.5 Å². The lowest BCUT2D eigenvalue weighted by atomic mass is 9.89. The summed E-state index contributed by atoms with van der Waals surface area (Å²) in [5.74, 6) is -0.413. The second-order valence-corrected chi connectivity index (χ2v) is 8.60. The molecule has 0 amide bonds. The Morgan fingerprint density at radius 1 is 1.11 bits per heavy atom. The molecule has 9 heteroatoms. The molecule has 0 bridgehead atoms. The van der Waals surface area contributed by atoms with Crippen molar-refractivity contribution in [1.29, 1.82) is 0 Å². The first kappa shape index (κ1) is 20.1. The number of ether oxygens (including phenoxy) is 1. The topological polar surface area (TPSA) is 115 Å². The first-order valence-corrected chi connectivity index (χ1v) is 10.2. The average Bonchev–Trinajstić information content (AvgIpc) is 3.04. The number of nitrogens with zero attached hydrogens (tertiary/aromatic N) is 1. The molecule has 3 N–H and O–H groups in total. The summed E-state index contributed by atoms with van der Waals surface area (Å²) in [6.07, 6.45) is 0. The van der Waals surface area contributed by atoms with E-state index >= 15 is 0 Å². The van der Waals surface area contributed by atoms with Crippen molar-refractivity contribution in [1.82, 2.24) is 10.2 Å². The van der Waals surface area contributed by atoms with Crippen molar-refractivity contribution in [2.45, 2.75) is 24.2 Å². The minimum Gasteiger partial charge on any atom is -0.426 e. The van der Waals surface area contributed by atoms with Crippen LogP contribution in [0.2, 0.25) is 5.02 Å².